The van der Waals surface area contributed by atoms with Crippen molar-refractivity contribution in [3.05, 3.63) is 59.9 Å². The lowest BCUT2D eigenvalue weighted by Crippen LogP contribution is -1.84. The van der Waals surface area contributed by atoms with Crippen LogP contribution in [0.2, 0.25) is 0 Å². The Labute approximate surface area is 112 Å². The fourth-order valence-electron chi connectivity index (χ4n) is 2.19. The Balaban J connectivity index is 2.63. The van der Waals surface area contributed by atoms with E-state index in [1.807, 2.05) is 0 Å². The van der Waals surface area contributed by atoms with Crippen LogP contribution < -0.4 is 0 Å². The van der Waals surface area contributed by atoms with Crippen molar-refractivity contribution in [2.45, 2.75) is 6.92 Å². The van der Waals surface area contributed by atoms with Crippen molar-refractivity contribution in [3.63, 3.8) is 0 Å². The lowest BCUT2D eigenvalue weighted by molar-refractivity contribution is 1.52. The molecule has 0 saturated heterocycles. The summed E-state index contributed by atoms with van der Waals surface area (Å²) in [6.07, 6.45) is 0. The van der Waals surface area contributed by atoms with Crippen LogP contribution in [0.1, 0.15) is 17.9 Å². The number of hydrogen-bond acceptors (Lipinski definition) is 0. The van der Waals surface area contributed by atoms with Gasteiger partial charge < -0.3 is 0 Å². The number of rotatable bonds is 0. The first-order chi connectivity index (χ1) is 12.1. The second-order valence-corrected chi connectivity index (χ2v) is 4.00. The molecule has 0 unspecified atom stereocenters. The molecule has 4 aromatic carbocycles. The van der Waals surface area contributed by atoms with E-state index < -0.39 is 6.04 Å². The third-order valence-electron chi connectivity index (χ3n) is 2.88. The lowest BCUT2D eigenvalue weighted by Gasteiger charge is -2.11. The predicted octanol–water partition coefficient (Wildman–Crippen LogP) is 4.89. The zero-order valence-corrected chi connectivity index (χ0v) is 9.00. The predicted molar refractivity (Wildman–Crippen MR) is 74.9 cm³/mol. The van der Waals surface area contributed by atoms with E-state index in [4.69, 9.17) is 12.3 Å². The molecule has 0 heteroatoms. The molecule has 0 aliphatic carbocycles. The van der Waals surface area contributed by atoms with E-state index in [1.165, 1.54) is 6.92 Å². The third-order valence-corrected chi connectivity index (χ3v) is 2.88. The van der Waals surface area contributed by atoms with Gasteiger partial charge in [0, 0.05) is 0 Å². The van der Waals surface area contributed by atoms with Crippen molar-refractivity contribution >= 4 is 32.3 Å². The molecular formula is C17H12. The fraction of sp³-hybridized carbons (Fsp3) is 0.0588. The van der Waals surface area contributed by atoms with E-state index in [-0.39, 0.29) is 86.2 Å². The second kappa shape index (κ2) is 2.98. The van der Waals surface area contributed by atoms with Gasteiger partial charge in [-0.1, -0.05) is 54.4 Å². The topological polar surface area (TPSA) is 0 Å². The van der Waals surface area contributed by atoms with Crippen molar-refractivity contribution in [3.8, 4) is 0 Å². The first-order valence-corrected chi connectivity index (χ1v) is 5.25. The van der Waals surface area contributed by atoms with Crippen LogP contribution in [0.4, 0.5) is 0 Å². The summed E-state index contributed by atoms with van der Waals surface area (Å²) in [6, 6.07) is -2.75. The molecule has 0 fully saturated rings. The Bertz CT molecular complexity index is 1080. The van der Waals surface area contributed by atoms with Crippen LogP contribution in [0.25, 0.3) is 32.3 Å². The van der Waals surface area contributed by atoms with Gasteiger partial charge in [-0.15, -0.1) is 0 Å². The van der Waals surface area contributed by atoms with Gasteiger partial charge in [0.05, 0.1) is 12.3 Å². The maximum Gasteiger partial charge on any atom is 0.0632 e. The van der Waals surface area contributed by atoms with Gasteiger partial charge in [0.15, 0.2) is 0 Å². The minimum Gasteiger partial charge on any atom is -0.0610 e. The summed E-state index contributed by atoms with van der Waals surface area (Å²) in [5, 5.41) is 0.436. The average Bonchev–Trinajstić information content (AvgIpc) is 2.60. The quantitative estimate of drug-likeness (QED) is 0.374. The van der Waals surface area contributed by atoms with E-state index in [2.05, 4.69) is 0 Å². The van der Waals surface area contributed by atoms with Gasteiger partial charge in [-0.2, -0.15) is 0 Å². The third kappa shape index (κ3) is 1.13. The van der Waals surface area contributed by atoms with Gasteiger partial charge in [-0.3, -0.25) is 0 Å². The highest BCUT2D eigenvalue weighted by atomic mass is 14.1. The molecule has 0 spiro atoms. The minimum absolute atomic E-state index is 0.0420. The molecule has 0 atom stereocenters. The molecule has 0 radical (unpaired) electrons. The summed E-state index contributed by atoms with van der Waals surface area (Å²) in [7, 11) is 0. The molecule has 0 heterocycles. The Kier molecular flexibility index (Phi) is 0.699. The fourth-order valence-corrected chi connectivity index (χ4v) is 2.19. The highest BCUT2D eigenvalue weighted by Crippen LogP contribution is 2.34. The van der Waals surface area contributed by atoms with E-state index in [1.54, 1.807) is 0 Å². The molecule has 0 aliphatic rings. The van der Waals surface area contributed by atoms with Crippen LogP contribution in [0, 0.1) is 6.92 Å². The van der Waals surface area contributed by atoms with Gasteiger partial charge in [-0.25, -0.2) is 0 Å². The van der Waals surface area contributed by atoms with Crippen LogP contribution in [0.15, 0.2) is 54.4 Å². The number of hydrogen-bond donors (Lipinski definition) is 0. The molecule has 4 rings (SSSR count). The second-order valence-electron chi connectivity index (χ2n) is 4.00. The summed E-state index contributed by atoms with van der Waals surface area (Å²) in [5.41, 5.74) is 0.245. The number of benzene rings is 4. The Morgan fingerprint density at radius 3 is 1.76 bits per heavy atom. The van der Waals surface area contributed by atoms with Crippen molar-refractivity contribution in [1.82, 2.24) is 0 Å². The van der Waals surface area contributed by atoms with Gasteiger partial charge in [0.1, 0.15) is 0 Å². The van der Waals surface area contributed by atoms with Crippen molar-refractivity contribution in [1.29, 1.82) is 0 Å². The summed E-state index contributed by atoms with van der Waals surface area (Å²) in [4.78, 5) is 0. The van der Waals surface area contributed by atoms with Crippen LogP contribution in [0.5, 0.6) is 0 Å². The normalized spacial score (nSPS) is 19.2. The lowest BCUT2D eigenvalue weighted by atomic mass is 9.93. The molecule has 0 aromatic heterocycles. The molecule has 0 aliphatic heterocycles. The molecule has 0 nitrogen and oxygen atoms in total. The molecule has 4 aromatic rings. The van der Waals surface area contributed by atoms with Crippen LogP contribution in [0.3, 0.4) is 0 Å². The van der Waals surface area contributed by atoms with Gasteiger partial charge in [0.2, 0.25) is 0 Å². The molecule has 0 saturated carbocycles. The van der Waals surface area contributed by atoms with Crippen molar-refractivity contribution in [2.75, 3.05) is 0 Å². The minimum atomic E-state index is -0.468. The molecule has 0 bridgehead atoms. The first kappa shape index (κ1) is 3.99. The van der Waals surface area contributed by atoms with Crippen LogP contribution in [-0.4, -0.2) is 0 Å². The summed E-state index contributed by atoms with van der Waals surface area (Å²) in [6.45, 7) is 1.53. The van der Waals surface area contributed by atoms with Gasteiger partial charge in [0.25, 0.3) is 0 Å². The molecule has 80 valence electrons. The maximum absolute atomic E-state index is 8.32. The van der Waals surface area contributed by atoms with Gasteiger partial charge >= 0.3 is 0 Å². The van der Waals surface area contributed by atoms with Crippen molar-refractivity contribution < 1.29 is 12.3 Å². The van der Waals surface area contributed by atoms with Gasteiger partial charge in [-0.05, 0) is 44.8 Å². The van der Waals surface area contributed by atoms with E-state index in [0.29, 0.717) is 0 Å². The zero-order chi connectivity index (χ0) is 19.2. The van der Waals surface area contributed by atoms with E-state index in [0.717, 1.165) is 0 Å². The monoisotopic (exact) mass is 225 g/mol. The Hall–Kier alpha value is -2.08. The van der Waals surface area contributed by atoms with Crippen molar-refractivity contribution in [2.24, 2.45) is 0 Å². The average molecular weight is 225 g/mol. The highest BCUT2D eigenvalue weighted by Gasteiger charge is 2.07. The summed E-state index contributed by atoms with van der Waals surface area (Å²) >= 11 is 0. The van der Waals surface area contributed by atoms with Crippen LogP contribution >= 0.6 is 0 Å². The standard InChI is InChI=1S/C17H12/c1-11-9-14-7-5-12-3-2-4-13-6-8-15(10-11)17(14)16(12)13/h2-10H,1H3/i2D,3D,4D,5D,6D,7D,8D,9D,10D. The molecular weight excluding hydrogens is 204 g/mol. The molecule has 17 heavy (non-hydrogen) atoms. The summed E-state index contributed by atoms with van der Waals surface area (Å²) in [5.74, 6) is 0. The highest BCUT2D eigenvalue weighted by molar-refractivity contribution is 6.23. The van der Waals surface area contributed by atoms with E-state index in [9.17, 15) is 0 Å². The SMILES string of the molecule is [2H]c1c([2H])c2c([2H])c([2H])c3c([2H])c(C)c([2H])c4c([2H])c([2H])c(c1[2H])c2c34. The van der Waals surface area contributed by atoms with Crippen LogP contribution in [-0.2, 0) is 0 Å². The summed E-state index contributed by atoms with van der Waals surface area (Å²) < 4.78 is 74.2. The zero-order valence-electron chi connectivity index (χ0n) is 18.0. The smallest absolute Gasteiger partial charge is 0.0610 e. The Morgan fingerprint density at radius 1 is 0.706 bits per heavy atom. The first-order valence-electron chi connectivity index (χ1n) is 9.75. The largest absolute Gasteiger partial charge is 0.0632 e. The molecule has 0 N–H and O–H groups in total. The molecule has 0 amide bonds. The van der Waals surface area contributed by atoms with E-state index >= 15 is 0 Å². The maximum atomic E-state index is 8.32. The Morgan fingerprint density at radius 2 is 1.18 bits per heavy atom.